The molecule has 3 heterocycles. The maximum Gasteiger partial charge on any atom is 0.253 e. The van der Waals surface area contributed by atoms with Gasteiger partial charge in [-0.05, 0) is 78.2 Å². The lowest BCUT2D eigenvalue weighted by Crippen LogP contribution is -2.48. The minimum Gasteiger partial charge on any atom is -0.368 e. The number of benzene rings is 3. The maximum atomic E-state index is 13.5. The number of pyridine rings is 1. The summed E-state index contributed by atoms with van der Waals surface area (Å²) in [4.78, 5) is 24.8. The molecule has 1 saturated heterocycles. The van der Waals surface area contributed by atoms with E-state index in [0.29, 0.717) is 18.7 Å². The van der Waals surface area contributed by atoms with Crippen LogP contribution < -0.4 is 15.1 Å². The molecule has 3 aromatic carbocycles. The number of hydrogen-bond acceptors (Lipinski definition) is 5. The number of hydrogen-bond donors (Lipinski definition) is 1. The fourth-order valence-electron chi connectivity index (χ4n) is 5.43. The average molecular weight is 573 g/mol. The first-order valence-electron chi connectivity index (χ1n) is 13.6. The van der Waals surface area contributed by atoms with Crippen molar-refractivity contribution in [2.24, 2.45) is 0 Å². The lowest BCUT2D eigenvalue weighted by molar-refractivity contribution is 0.0747. The van der Waals surface area contributed by atoms with Crippen molar-refractivity contribution < 1.29 is 4.79 Å². The summed E-state index contributed by atoms with van der Waals surface area (Å²) >= 11 is 12.3. The molecule has 1 amide bonds. The standard InChI is InChI=1S/C32H31Cl2N5O/c1-22-5-6-28(34)18-26(22)21-39-12-11-35-31-30(39)19-25(20-36-31)23-3-2-4-24(17-23)32(40)38-15-13-37(14-16-38)29-9-7-27(33)8-10-29/h2-10,17-20H,11-16,21H2,1H3,(H,35,36). The van der Waals surface area contributed by atoms with Gasteiger partial charge in [-0.2, -0.15) is 0 Å². The lowest BCUT2D eigenvalue weighted by Gasteiger charge is -2.36. The summed E-state index contributed by atoms with van der Waals surface area (Å²) in [6.45, 7) is 7.49. The quantitative estimate of drug-likeness (QED) is 0.287. The van der Waals surface area contributed by atoms with Crippen LogP contribution in [0.1, 0.15) is 21.5 Å². The van der Waals surface area contributed by atoms with Crippen molar-refractivity contribution >= 4 is 46.3 Å². The largest absolute Gasteiger partial charge is 0.368 e. The van der Waals surface area contributed by atoms with Crippen molar-refractivity contribution in [1.82, 2.24) is 9.88 Å². The molecule has 0 aliphatic carbocycles. The Morgan fingerprint density at radius 1 is 0.875 bits per heavy atom. The number of nitrogens with zero attached hydrogens (tertiary/aromatic N) is 4. The van der Waals surface area contributed by atoms with Gasteiger partial charge in [-0.15, -0.1) is 0 Å². The van der Waals surface area contributed by atoms with Crippen LogP contribution in [0, 0.1) is 6.92 Å². The molecule has 4 aromatic rings. The Labute approximate surface area is 245 Å². The molecular formula is C32H31Cl2N5O. The number of rotatable bonds is 5. The highest BCUT2D eigenvalue weighted by molar-refractivity contribution is 6.30. The van der Waals surface area contributed by atoms with Crippen molar-refractivity contribution in [3.05, 3.63) is 106 Å². The SMILES string of the molecule is Cc1ccc(Cl)cc1CN1CCNc2ncc(-c3cccc(C(=O)N4CCN(c5ccc(Cl)cc5)CC4)c3)cc21. The minimum absolute atomic E-state index is 0.0586. The van der Waals surface area contributed by atoms with Crippen molar-refractivity contribution in [3.8, 4) is 11.1 Å². The Morgan fingerprint density at radius 2 is 1.65 bits per heavy atom. The highest BCUT2D eigenvalue weighted by Gasteiger charge is 2.24. The molecule has 204 valence electrons. The summed E-state index contributed by atoms with van der Waals surface area (Å²) in [7, 11) is 0. The van der Waals surface area contributed by atoms with Crippen LogP contribution in [0.5, 0.6) is 0 Å². The van der Waals surface area contributed by atoms with Gasteiger partial charge in [-0.1, -0.05) is 41.4 Å². The van der Waals surface area contributed by atoms with Gasteiger partial charge < -0.3 is 20.0 Å². The van der Waals surface area contributed by atoms with E-state index in [4.69, 9.17) is 28.2 Å². The van der Waals surface area contributed by atoms with Gasteiger partial charge in [0.15, 0.2) is 0 Å². The van der Waals surface area contributed by atoms with E-state index in [1.807, 2.05) is 71.8 Å². The second-order valence-electron chi connectivity index (χ2n) is 10.3. The van der Waals surface area contributed by atoms with Crippen LogP contribution >= 0.6 is 23.2 Å². The molecule has 1 fully saturated rings. The molecule has 2 aliphatic rings. The second kappa shape index (κ2) is 11.4. The van der Waals surface area contributed by atoms with Crippen molar-refractivity contribution in [1.29, 1.82) is 0 Å². The number of aryl methyl sites for hydroxylation is 1. The molecule has 6 nitrogen and oxygen atoms in total. The summed E-state index contributed by atoms with van der Waals surface area (Å²) in [5.41, 5.74) is 7.26. The minimum atomic E-state index is 0.0586. The van der Waals surface area contributed by atoms with Gasteiger partial charge in [0.25, 0.3) is 5.91 Å². The molecule has 8 heteroatoms. The van der Waals surface area contributed by atoms with Crippen molar-refractivity contribution in [2.75, 3.05) is 54.4 Å². The Balaban J connectivity index is 1.19. The molecule has 1 N–H and O–H groups in total. The van der Waals surface area contributed by atoms with Crippen molar-refractivity contribution in [3.63, 3.8) is 0 Å². The highest BCUT2D eigenvalue weighted by Crippen LogP contribution is 2.34. The molecule has 40 heavy (non-hydrogen) atoms. The number of fused-ring (bicyclic) bond motifs is 1. The molecule has 6 rings (SSSR count). The Bertz CT molecular complexity index is 1530. The average Bonchev–Trinajstić information content (AvgIpc) is 2.99. The number of amides is 1. The summed E-state index contributed by atoms with van der Waals surface area (Å²) in [6, 6.07) is 24.0. The number of aromatic nitrogens is 1. The summed E-state index contributed by atoms with van der Waals surface area (Å²) in [6.07, 6.45) is 1.88. The zero-order valence-electron chi connectivity index (χ0n) is 22.4. The van der Waals surface area contributed by atoms with E-state index in [0.717, 1.165) is 71.1 Å². The van der Waals surface area contributed by atoms with Gasteiger partial charge in [0.2, 0.25) is 0 Å². The Kier molecular flexibility index (Phi) is 7.55. The number of carbonyl (C=O) groups excluding carboxylic acids is 1. The maximum absolute atomic E-state index is 13.5. The first-order valence-corrected chi connectivity index (χ1v) is 14.3. The van der Waals surface area contributed by atoms with Crippen molar-refractivity contribution in [2.45, 2.75) is 13.5 Å². The highest BCUT2D eigenvalue weighted by atomic mass is 35.5. The topological polar surface area (TPSA) is 51.7 Å². The van der Waals surface area contributed by atoms with E-state index in [1.54, 1.807) is 0 Å². The van der Waals surface area contributed by atoms with Crippen LogP contribution in [0.4, 0.5) is 17.2 Å². The molecule has 1 aromatic heterocycles. The van der Waals surface area contributed by atoms with E-state index >= 15 is 0 Å². The third-order valence-electron chi connectivity index (χ3n) is 7.76. The van der Waals surface area contributed by atoms with Gasteiger partial charge in [-0.25, -0.2) is 4.98 Å². The van der Waals surface area contributed by atoms with E-state index in [1.165, 1.54) is 11.1 Å². The van der Waals surface area contributed by atoms with Gasteiger partial charge in [-0.3, -0.25) is 4.79 Å². The molecule has 0 bridgehead atoms. The first kappa shape index (κ1) is 26.5. The zero-order valence-corrected chi connectivity index (χ0v) is 23.9. The Morgan fingerprint density at radius 3 is 2.45 bits per heavy atom. The van der Waals surface area contributed by atoms with E-state index in [2.05, 4.69) is 34.2 Å². The monoisotopic (exact) mass is 571 g/mol. The number of piperazine rings is 1. The molecule has 0 unspecified atom stereocenters. The van der Waals surface area contributed by atoms with Gasteiger partial charge >= 0.3 is 0 Å². The first-order chi connectivity index (χ1) is 19.4. The van der Waals surface area contributed by atoms with Gasteiger partial charge in [0.05, 0.1) is 5.69 Å². The fraction of sp³-hybridized carbons (Fsp3) is 0.250. The van der Waals surface area contributed by atoms with Gasteiger partial charge in [0, 0.05) is 78.9 Å². The number of carbonyl (C=O) groups is 1. The summed E-state index contributed by atoms with van der Waals surface area (Å²) in [5.74, 6) is 0.934. The summed E-state index contributed by atoms with van der Waals surface area (Å²) < 4.78 is 0. The predicted octanol–water partition coefficient (Wildman–Crippen LogP) is 6.76. The zero-order chi connectivity index (χ0) is 27.6. The predicted molar refractivity (Wildman–Crippen MR) is 165 cm³/mol. The van der Waals surface area contributed by atoms with Crippen LogP contribution in [-0.4, -0.2) is 55.1 Å². The third-order valence-corrected chi connectivity index (χ3v) is 8.24. The normalized spacial score (nSPS) is 15.0. The molecule has 0 atom stereocenters. The number of nitrogens with one attached hydrogen (secondary N) is 1. The summed E-state index contributed by atoms with van der Waals surface area (Å²) in [5, 5.41) is 4.90. The number of anilines is 3. The third kappa shape index (κ3) is 5.60. The molecule has 0 radical (unpaired) electrons. The second-order valence-corrected chi connectivity index (χ2v) is 11.2. The van der Waals surface area contributed by atoms with E-state index < -0.39 is 0 Å². The van der Waals surface area contributed by atoms with Crippen LogP contribution in [0.2, 0.25) is 10.0 Å². The fourth-order valence-corrected chi connectivity index (χ4v) is 5.75. The van der Waals surface area contributed by atoms with Gasteiger partial charge in [0.1, 0.15) is 5.82 Å². The van der Waals surface area contributed by atoms with Crippen LogP contribution in [-0.2, 0) is 6.54 Å². The number of halogens is 2. The molecular weight excluding hydrogens is 541 g/mol. The van der Waals surface area contributed by atoms with Crippen LogP contribution in [0.25, 0.3) is 11.1 Å². The van der Waals surface area contributed by atoms with E-state index in [9.17, 15) is 4.79 Å². The lowest BCUT2D eigenvalue weighted by atomic mass is 10.0. The van der Waals surface area contributed by atoms with Crippen LogP contribution in [0.3, 0.4) is 0 Å². The van der Waals surface area contributed by atoms with E-state index in [-0.39, 0.29) is 5.91 Å². The molecule has 0 saturated carbocycles. The van der Waals surface area contributed by atoms with Crippen LogP contribution in [0.15, 0.2) is 79.0 Å². The molecule has 0 spiro atoms. The smallest absolute Gasteiger partial charge is 0.253 e. The molecule has 2 aliphatic heterocycles. The Hall–Kier alpha value is -3.74.